The van der Waals surface area contributed by atoms with E-state index >= 15 is 0 Å². The predicted molar refractivity (Wildman–Crippen MR) is 75.5 cm³/mol. The third-order valence-electron chi connectivity index (χ3n) is 3.53. The lowest BCUT2D eigenvalue weighted by Crippen LogP contribution is -2.22. The second-order valence-electron chi connectivity index (χ2n) is 5.59. The van der Waals surface area contributed by atoms with Gasteiger partial charge in [0, 0.05) is 24.1 Å². The molecule has 0 spiro atoms. The van der Waals surface area contributed by atoms with Crippen LogP contribution < -0.4 is 5.32 Å². The highest BCUT2D eigenvalue weighted by Crippen LogP contribution is 2.18. The summed E-state index contributed by atoms with van der Waals surface area (Å²) in [6, 6.07) is 5.56. The van der Waals surface area contributed by atoms with Crippen molar-refractivity contribution in [3.05, 3.63) is 34.9 Å². The standard InChI is InChI=1S/C16H21NO2/c1-11(2)5-8-15(18)13-7-6-12-4-3-9-17-16(19)14(12)10-13/h6-7,10-11H,3-5,8-9H2,1-2H3,(H,17,19). The van der Waals surface area contributed by atoms with Crippen LogP contribution in [0.2, 0.25) is 0 Å². The van der Waals surface area contributed by atoms with E-state index in [9.17, 15) is 9.59 Å². The van der Waals surface area contributed by atoms with Gasteiger partial charge in [-0.15, -0.1) is 0 Å². The lowest BCUT2D eigenvalue weighted by atomic mass is 9.96. The number of amides is 1. The first-order chi connectivity index (χ1) is 9.08. The minimum atomic E-state index is -0.0500. The third-order valence-corrected chi connectivity index (χ3v) is 3.53. The molecule has 3 nitrogen and oxygen atoms in total. The summed E-state index contributed by atoms with van der Waals surface area (Å²) < 4.78 is 0. The molecule has 102 valence electrons. The molecule has 19 heavy (non-hydrogen) atoms. The van der Waals surface area contributed by atoms with Crippen LogP contribution in [0.3, 0.4) is 0 Å². The van der Waals surface area contributed by atoms with Crippen LogP contribution in [0.4, 0.5) is 0 Å². The maximum Gasteiger partial charge on any atom is 0.251 e. The highest BCUT2D eigenvalue weighted by molar-refractivity contribution is 6.01. The quantitative estimate of drug-likeness (QED) is 0.845. The second-order valence-corrected chi connectivity index (χ2v) is 5.59. The molecule has 0 fully saturated rings. The maximum absolute atomic E-state index is 12.1. The Bertz CT molecular complexity index is 492. The van der Waals surface area contributed by atoms with Crippen molar-refractivity contribution in [1.82, 2.24) is 5.32 Å². The second kappa shape index (κ2) is 6.00. The molecule has 1 amide bonds. The summed E-state index contributed by atoms with van der Waals surface area (Å²) >= 11 is 0. The van der Waals surface area contributed by atoms with Gasteiger partial charge in [-0.05, 0) is 36.8 Å². The molecule has 0 aromatic heterocycles. The van der Waals surface area contributed by atoms with Crippen molar-refractivity contribution in [2.75, 3.05) is 6.54 Å². The molecule has 1 aromatic rings. The van der Waals surface area contributed by atoms with Gasteiger partial charge in [-0.25, -0.2) is 0 Å². The fourth-order valence-electron chi connectivity index (χ4n) is 2.32. The summed E-state index contributed by atoms with van der Waals surface area (Å²) in [7, 11) is 0. The molecule has 1 heterocycles. The zero-order valence-electron chi connectivity index (χ0n) is 11.7. The third kappa shape index (κ3) is 3.43. The van der Waals surface area contributed by atoms with Crippen LogP contribution in [-0.2, 0) is 6.42 Å². The van der Waals surface area contributed by atoms with Crippen LogP contribution in [0.1, 0.15) is 59.4 Å². The van der Waals surface area contributed by atoms with Crippen molar-refractivity contribution < 1.29 is 9.59 Å². The monoisotopic (exact) mass is 259 g/mol. The Kier molecular flexibility index (Phi) is 4.35. The van der Waals surface area contributed by atoms with Crippen LogP contribution >= 0.6 is 0 Å². The Labute approximate surface area is 114 Å². The number of rotatable bonds is 4. The fraction of sp³-hybridized carbons (Fsp3) is 0.500. The largest absolute Gasteiger partial charge is 0.352 e. The van der Waals surface area contributed by atoms with E-state index in [1.54, 1.807) is 6.07 Å². The molecule has 0 radical (unpaired) electrons. The smallest absolute Gasteiger partial charge is 0.251 e. The number of hydrogen-bond donors (Lipinski definition) is 1. The molecule has 0 saturated heterocycles. The van der Waals surface area contributed by atoms with Crippen LogP contribution in [0.25, 0.3) is 0 Å². The molecule has 1 N–H and O–H groups in total. The normalized spacial score (nSPS) is 14.8. The van der Waals surface area contributed by atoms with E-state index < -0.39 is 0 Å². The Morgan fingerprint density at radius 1 is 1.37 bits per heavy atom. The van der Waals surface area contributed by atoms with Gasteiger partial charge < -0.3 is 5.32 Å². The Hall–Kier alpha value is -1.64. The number of carbonyl (C=O) groups is 2. The first-order valence-corrected chi connectivity index (χ1v) is 7.02. The number of carbonyl (C=O) groups excluding carboxylic acids is 2. The van der Waals surface area contributed by atoms with E-state index in [1.807, 2.05) is 12.1 Å². The lowest BCUT2D eigenvalue weighted by molar-refractivity contribution is 0.0956. The summed E-state index contributed by atoms with van der Waals surface area (Å²) in [6.45, 7) is 4.93. The van der Waals surface area contributed by atoms with Crippen molar-refractivity contribution in [1.29, 1.82) is 0 Å². The number of Topliss-reactive ketones (excluding diaryl/α,β-unsaturated/α-hetero) is 1. The number of benzene rings is 1. The number of aryl methyl sites for hydroxylation is 1. The Morgan fingerprint density at radius 3 is 2.89 bits per heavy atom. The van der Waals surface area contributed by atoms with Gasteiger partial charge in [0.15, 0.2) is 5.78 Å². The molecule has 0 atom stereocenters. The van der Waals surface area contributed by atoms with Gasteiger partial charge in [-0.1, -0.05) is 26.0 Å². The highest BCUT2D eigenvalue weighted by atomic mass is 16.1. The van der Waals surface area contributed by atoms with Gasteiger partial charge in [0.25, 0.3) is 5.91 Å². The minimum absolute atomic E-state index is 0.0500. The molecule has 1 aliphatic rings. The van der Waals surface area contributed by atoms with E-state index in [1.165, 1.54) is 0 Å². The summed E-state index contributed by atoms with van der Waals surface area (Å²) in [5, 5.41) is 2.87. The predicted octanol–water partition coefficient (Wildman–Crippen LogP) is 2.98. The maximum atomic E-state index is 12.1. The number of hydrogen-bond acceptors (Lipinski definition) is 2. The minimum Gasteiger partial charge on any atom is -0.352 e. The first-order valence-electron chi connectivity index (χ1n) is 7.02. The molecule has 0 saturated carbocycles. The molecule has 0 unspecified atom stereocenters. The van der Waals surface area contributed by atoms with Crippen molar-refractivity contribution in [3.63, 3.8) is 0 Å². The lowest BCUT2D eigenvalue weighted by Gasteiger charge is -2.08. The van der Waals surface area contributed by atoms with E-state index in [-0.39, 0.29) is 11.7 Å². The summed E-state index contributed by atoms with van der Waals surface area (Å²) in [4.78, 5) is 24.0. The van der Waals surface area contributed by atoms with Gasteiger partial charge in [0.05, 0.1) is 0 Å². The molecule has 3 heteroatoms. The first kappa shape index (κ1) is 13.8. The average molecular weight is 259 g/mol. The average Bonchev–Trinajstić information content (AvgIpc) is 2.58. The molecular weight excluding hydrogens is 238 g/mol. The van der Waals surface area contributed by atoms with E-state index in [4.69, 9.17) is 0 Å². The fourth-order valence-corrected chi connectivity index (χ4v) is 2.32. The molecule has 0 bridgehead atoms. The van der Waals surface area contributed by atoms with Gasteiger partial charge in [0.2, 0.25) is 0 Å². The number of ketones is 1. The Morgan fingerprint density at radius 2 is 2.16 bits per heavy atom. The molecular formula is C16H21NO2. The van der Waals surface area contributed by atoms with E-state index in [2.05, 4.69) is 19.2 Å². The summed E-state index contributed by atoms with van der Waals surface area (Å²) in [5.74, 6) is 0.604. The van der Waals surface area contributed by atoms with Gasteiger partial charge in [0.1, 0.15) is 0 Å². The Balaban J connectivity index is 2.20. The molecule has 1 aromatic carbocycles. The zero-order chi connectivity index (χ0) is 13.8. The molecule has 0 aliphatic carbocycles. The molecule has 1 aliphatic heterocycles. The van der Waals surface area contributed by atoms with E-state index in [0.29, 0.717) is 30.0 Å². The topological polar surface area (TPSA) is 46.2 Å². The van der Waals surface area contributed by atoms with Crippen molar-refractivity contribution in [2.24, 2.45) is 5.92 Å². The van der Waals surface area contributed by atoms with Crippen LogP contribution in [0.5, 0.6) is 0 Å². The van der Waals surface area contributed by atoms with Crippen molar-refractivity contribution >= 4 is 11.7 Å². The summed E-state index contributed by atoms with van der Waals surface area (Å²) in [5.41, 5.74) is 2.39. The van der Waals surface area contributed by atoms with Crippen LogP contribution in [0, 0.1) is 5.92 Å². The van der Waals surface area contributed by atoms with E-state index in [0.717, 1.165) is 24.8 Å². The number of fused-ring (bicyclic) bond motifs is 1. The number of nitrogens with one attached hydrogen (secondary N) is 1. The zero-order valence-corrected chi connectivity index (χ0v) is 11.7. The summed E-state index contributed by atoms with van der Waals surface area (Å²) in [6.07, 6.45) is 3.30. The van der Waals surface area contributed by atoms with Gasteiger partial charge in [-0.3, -0.25) is 9.59 Å². The molecule has 2 rings (SSSR count). The van der Waals surface area contributed by atoms with Crippen molar-refractivity contribution in [3.8, 4) is 0 Å². The van der Waals surface area contributed by atoms with Crippen molar-refractivity contribution in [2.45, 2.75) is 39.5 Å². The van der Waals surface area contributed by atoms with Gasteiger partial charge >= 0.3 is 0 Å². The highest BCUT2D eigenvalue weighted by Gasteiger charge is 2.17. The van der Waals surface area contributed by atoms with Gasteiger partial charge in [-0.2, -0.15) is 0 Å². The van der Waals surface area contributed by atoms with Crippen LogP contribution in [-0.4, -0.2) is 18.2 Å². The van der Waals surface area contributed by atoms with Crippen LogP contribution in [0.15, 0.2) is 18.2 Å². The SMILES string of the molecule is CC(C)CCC(=O)c1ccc2c(c1)C(=O)NCCC2.